The number of carbonyl (C=O) groups excluding carboxylic acids is 1. The van der Waals surface area contributed by atoms with Crippen LogP contribution >= 0.6 is 0 Å². The minimum Gasteiger partial charge on any atom is -0.295 e. The summed E-state index contributed by atoms with van der Waals surface area (Å²) in [6.45, 7) is 0. The molecule has 0 heterocycles. The van der Waals surface area contributed by atoms with Crippen LogP contribution < -0.4 is 0 Å². The van der Waals surface area contributed by atoms with Gasteiger partial charge in [0.1, 0.15) is 0 Å². The smallest absolute Gasteiger partial charge is 0.295 e. The van der Waals surface area contributed by atoms with Crippen LogP contribution in [0.2, 0.25) is 0 Å². The Bertz CT molecular complexity index is 477. The molecule has 4 heteroatoms. The first-order chi connectivity index (χ1) is 6.83. The Balaban J connectivity index is 0.00000112. The standard InChI is InChI=1S/C11H8O3.Na/c12-11(14-13)10-7-3-5-8-4-1-2-6-9(8)10;/h1-7,13H;. The van der Waals surface area contributed by atoms with E-state index < -0.39 is 5.97 Å². The zero-order valence-electron chi connectivity index (χ0n) is 8.31. The van der Waals surface area contributed by atoms with Crippen LogP contribution in [0.1, 0.15) is 10.4 Å². The van der Waals surface area contributed by atoms with E-state index in [1.165, 1.54) is 0 Å². The molecule has 2 aromatic rings. The van der Waals surface area contributed by atoms with Crippen molar-refractivity contribution >= 4 is 46.3 Å². The van der Waals surface area contributed by atoms with Crippen molar-refractivity contribution < 1.29 is 14.9 Å². The van der Waals surface area contributed by atoms with Gasteiger partial charge in [0, 0.05) is 29.6 Å². The summed E-state index contributed by atoms with van der Waals surface area (Å²) in [7, 11) is 0. The summed E-state index contributed by atoms with van der Waals surface area (Å²) in [5.74, 6) is -0.734. The number of hydrogen-bond acceptors (Lipinski definition) is 3. The van der Waals surface area contributed by atoms with Crippen molar-refractivity contribution in [3.8, 4) is 0 Å². The normalized spacial score (nSPS) is 9.40. The van der Waals surface area contributed by atoms with E-state index in [-0.39, 0.29) is 29.6 Å². The van der Waals surface area contributed by atoms with Gasteiger partial charge < -0.3 is 0 Å². The largest absolute Gasteiger partial charge is 0.373 e. The fourth-order valence-electron chi connectivity index (χ4n) is 1.45. The molecule has 0 aliphatic carbocycles. The van der Waals surface area contributed by atoms with Crippen LogP contribution in [0.15, 0.2) is 42.5 Å². The maximum absolute atomic E-state index is 11.2. The molecule has 2 rings (SSSR count). The Labute approximate surface area is 109 Å². The summed E-state index contributed by atoms with van der Waals surface area (Å²) in [6.07, 6.45) is 0. The van der Waals surface area contributed by atoms with E-state index in [4.69, 9.17) is 5.26 Å². The van der Waals surface area contributed by atoms with E-state index in [0.717, 1.165) is 10.8 Å². The fourth-order valence-corrected chi connectivity index (χ4v) is 1.45. The SMILES string of the molecule is O=C(OO)c1cccc2ccccc12.[Na]. The van der Waals surface area contributed by atoms with Gasteiger partial charge in [0.25, 0.3) is 0 Å². The van der Waals surface area contributed by atoms with Gasteiger partial charge in [-0.15, -0.1) is 0 Å². The van der Waals surface area contributed by atoms with Crippen molar-refractivity contribution in [2.45, 2.75) is 0 Å². The van der Waals surface area contributed by atoms with Crippen molar-refractivity contribution in [3.05, 3.63) is 48.0 Å². The summed E-state index contributed by atoms with van der Waals surface area (Å²) in [6, 6.07) is 12.7. The van der Waals surface area contributed by atoms with E-state index in [0.29, 0.717) is 5.56 Å². The van der Waals surface area contributed by atoms with Gasteiger partial charge in [-0.1, -0.05) is 36.4 Å². The van der Waals surface area contributed by atoms with Crippen LogP contribution in [-0.4, -0.2) is 40.8 Å². The van der Waals surface area contributed by atoms with Gasteiger partial charge in [-0.25, -0.2) is 4.79 Å². The summed E-state index contributed by atoms with van der Waals surface area (Å²) in [5.41, 5.74) is 0.366. The average molecular weight is 211 g/mol. The first-order valence-corrected chi connectivity index (χ1v) is 4.16. The number of rotatable bonds is 1. The molecule has 0 amide bonds. The van der Waals surface area contributed by atoms with Crippen molar-refractivity contribution in [1.82, 2.24) is 0 Å². The molecule has 2 aromatic carbocycles. The van der Waals surface area contributed by atoms with Crippen molar-refractivity contribution in [2.24, 2.45) is 0 Å². The van der Waals surface area contributed by atoms with Crippen LogP contribution in [0.3, 0.4) is 0 Å². The first-order valence-electron chi connectivity index (χ1n) is 4.16. The maximum Gasteiger partial charge on any atom is 0.373 e. The average Bonchev–Trinajstić information content (AvgIpc) is 2.27. The Morgan fingerprint density at radius 3 is 2.47 bits per heavy atom. The third-order valence-electron chi connectivity index (χ3n) is 2.09. The van der Waals surface area contributed by atoms with Gasteiger partial charge in [-0.2, -0.15) is 5.26 Å². The fraction of sp³-hybridized carbons (Fsp3) is 0. The molecule has 15 heavy (non-hydrogen) atoms. The van der Waals surface area contributed by atoms with Crippen LogP contribution in [-0.2, 0) is 4.89 Å². The second-order valence-corrected chi connectivity index (χ2v) is 2.91. The third kappa shape index (κ3) is 2.38. The summed E-state index contributed by atoms with van der Waals surface area (Å²) in [4.78, 5) is 14.9. The van der Waals surface area contributed by atoms with Crippen molar-refractivity contribution in [3.63, 3.8) is 0 Å². The van der Waals surface area contributed by atoms with Gasteiger partial charge in [0.15, 0.2) is 0 Å². The molecule has 1 radical (unpaired) electrons. The van der Waals surface area contributed by atoms with Crippen LogP contribution in [0.4, 0.5) is 0 Å². The van der Waals surface area contributed by atoms with E-state index >= 15 is 0 Å². The number of hydrogen-bond donors (Lipinski definition) is 1. The molecule has 0 saturated heterocycles. The Hall–Kier alpha value is -0.870. The van der Waals surface area contributed by atoms with Crippen molar-refractivity contribution in [2.75, 3.05) is 0 Å². The number of fused-ring (bicyclic) bond motifs is 1. The van der Waals surface area contributed by atoms with E-state index in [2.05, 4.69) is 4.89 Å². The third-order valence-corrected chi connectivity index (χ3v) is 2.09. The molecule has 0 fully saturated rings. The molecule has 3 nitrogen and oxygen atoms in total. The summed E-state index contributed by atoms with van der Waals surface area (Å²) < 4.78 is 0. The predicted molar refractivity (Wildman–Crippen MR) is 57.7 cm³/mol. The number of benzene rings is 2. The predicted octanol–water partition coefficient (Wildman–Crippen LogP) is 2.09. The van der Waals surface area contributed by atoms with Gasteiger partial charge in [0.05, 0.1) is 5.56 Å². The molecule has 1 N–H and O–H groups in total. The van der Waals surface area contributed by atoms with Gasteiger partial charge in [-0.05, 0) is 16.8 Å². The van der Waals surface area contributed by atoms with E-state index in [1.807, 2.05) is 30.3 Å². The van der Waals surface area contributed by atoms with Gasteiger partial charge in [0.2, 0.25) is 0 Å². The van der Waals surface area contributed by atoms with Crippen molar-refractivity contribution in [1.29, 1.82) is 0 Å². The molecule has 0 aromatic heterocycles. The Morgan fingerprint density at radius 1 is 1.07 bits per heavy atom. The minimum absolute atomic E-state index is 0. The zero-order chi connectivity index (χ0) is 9.97. The minimum atomic E-state index is -0.734. The Morgan fingerprint density at radius 2 is 1.73 bits per heavy atom. The number of carbonyl (C=O) groups is 1. The van der Waals surface area contributed by atoms with Gasteiger partial charge in [-0.3, -0.25) is 4.89 Å². The molecule has 0 saturated carbocycles. The molecule has 0 unspecified atom stereocenters. The zero-order valence-corrected chi connectivity index (χ0v) is 10.3. The van der Waals surface area contributed by atoms with Crippen LogP contribution in [0.5, 0.6) is 0 Å². The molecule has 0 aliphatic heterocycles. The molecular weight excluding hydrogens is 203 g/mol. The van der Waals surface area contributed by atoms with E-state index in [1.54, 1.807) is 12.1 Å². The topological polar surface area (TPSA) is 46.5 Å². The second kappa shape index (κ2) is 5.28. The Kier molecular flexibility index (Phi) is 4.29. The molecular formula is C11H8NaO3. The quantitative estimate of drug-likeness (QED) is 0.446. The molecule has 0 spiro atoms. The maximum atomic E-state index is 11.2. The molecule has 0 atom stereocenters. The van der Waals surface area contributed by atoms with E-state index in [9.17, 15) is 4.79 Å². The van der Waals surface area contributed by atoms with Gasteiger partial charge >= 0.3 is 5.97 Å². The monoisotopic (exact) mass is 211 g/mol. The summed E-state index contributed by atoms with van der Waals surface area (Å²) in [5, 5.41) is 10.0. The molecule has 71 valence electrons. The second-order valence-electron chi connectivity index (χ2n) is 2.91. The first kappa shape index (κ1) is 12.2. The summed E-state index contributed by atoms with van der Waals surface area (Å²) >= 11 is 0. The van der Waals surface area contributed by atoms with Crippen LogP contribution in [0.25, 0.3) is 10.8 Å². The molecule has 0 aliphatic rings. The molecule has 0 bridgehead atoms. The van der Waals surface area contributed by atoms with Crippen LogP contribution in [0, 0.1) is 0 Å².